The van der Waals surface area contributed by atoms with Crippen LogP contribution in [0.1, 0.15) is 5.56 Å². The molecule has 0 N–H and O–H groups in total. The number of methoxy groups -OCH3 is 1. The summed E-state index contributed by atoms with van der Waals surface area (Å²) >= 11 is 0. The Kier molecular flexibility index (Phi) is 1.59. The molecule has 0 fully saturated rings. The van der Waals surface area contributed by atoms with Crippen molar-refractivity contribution in [2.24, 2.45) is 0 Å². The van der Waals surface area contributed by atoms with Gasteiger partial charge in [0.25, 0.3) is 0 Å². The predicted molar refractivity (Wildman–Crippen MR) is 47.7 cm³/mol. The molecule has 2 rings (SSSR count). The molecule has 0 aliphatic carbocycles. The van der Waals surface area contributed by atoms with E-state index in [-0.39, 0.29) is 0 Å². The Morgan fingerprint density at radius 1 is 1.46 bits per heavy atom. The molecule has 0 saturated carbocycles. The van der Waals surface area contributed by atoms with E-state index in [1.165, 1.54) is 0 Å². The van der Waals surface area contributed by atoms with Crippen LogP contribution in [-0.2, 0) is 4.79 Å². The van der Waals surface area contributed by atoms with Gasteiger partial charge < -0.3 is 9.47 Å². The van der Waals surface area contributed by atoms with Crippen molar-refractivity contribution >= 4 is 11.5 Å². The van der Waals surface area contributed by atoms with Crippen LogP contribution >= 0.6 is 0 Å². The molecular weight excluding hydrogens is 168 g/mol. The molecule has 0 saturated heterocycles. The lowest BCUT2D eigenvalue weighted by Gasteiger charge is -2.03. The predicted octanol–water partition coefficient (Wildman–Crippen LogP) is 1.63. The van der Waals surface area contributed by atoms with Crippen LogP contribution < -0.4 is 9.47 Å². The molecular formula is C10H8O3. The highest BCUT2D eigenvalue weighted by molar-refractivity contribution is 6.21. The van der Waals surface area contributed by atoms with Crippen LogP contribution in [-0.4, -0.2) is 13.1 Å². The maximum atomic E-state index is 11.1. The lowest BCUT2D eigenvalue weighted by atomic mass is 10.1. The number of ether oxygens (including phenoxy) is 2. The van der Waals surface area contributed by atoms with Gasteiger partial charge in [-0.05, 0) is 12.1 Å². The van der Waals surface area contributed by atoms with Gasteiger partial charge in [0.2, 0.25) is 0 Å². The molecule has 1 aliphatic heterocycles. The highest BCUT2D eigenvalue weighted by atomic mass is 16.5. The Labute approximate surface area is 75.6 Å². The monoisotopic (exact) mass is 176 g/mol. The maximum absolute atomic E-state index is 11.1. The standard InChI is InChI=1S/C10H8O3/c1-6-9-7(12-2)4-3-5-8(9)13-10(6)11/h3-5H,1H2,2H3. The SMILES string of the molecule is C=C1C(=O)Oc2cccc(OC)c21. The molecule has 0 atom stereocenters. The van der Waals surface area contributed by atoms with Gasteiger partial charge in [0, 0.05) is 0 Å². The van der Waals surface area contributed by atoms with Crippen molar-refractivity contribution < 1.29 is 14.3 Å². The fourth-order valence-corrected chi connectivity index (χ4v) is 1.33. The van der Waals surface area contributed by atoms with E-state index in [0.29, 0.717) is 22.6 Å². The second kappa shape index (κ2) is 2.62. The summed E-state index contributed by atoms with van der Waals surface area (Å²) in [6.45, 7) is 3.63. The van der Waals surface area contributed by atoms with E-state index in [2.05, 4.69) is 6.58 Å². The number of esters is 1. The first kappa shape index (κ1) is 7.86. The summed E-state index contributed by atoms with van der Waals surface area (Å²) in [6.07, 6.45) is 0. The van der Waals surface area contributed by atoms with E-state index < -0.39 is 5.97 Å². The summed E-state index contributed by atoms with van der Waals surface area (Å²) in [5.74, 6) is 0.738. The Morgan fingerprint density at radius 3 is 2.92 bits per heavy atom. The molecule has 0 amide bonds. The first-order valence-corrected chi connectivity index (χ1v) is 3.82. The van der Waals surface area contributed by atoms with Crippen molar-refractivity contribution in [1.29, 1.82) is 0 Å². The number of carbonyl (C=O) groups is 1. The van der Waals surface area contributed by atoms with Gasteiger partial charge in [-0.2, -0.15) is 0 Å². The number of hydrogen-bond acceptors (Lipinski definition) is 3. The minimum atomic E-state index is -0.403. The lowest BCUT2D eigenvalue weighted by Crippen LogP contribution is -1.99. The first-order chi connectivity index (χ1) is 6.24. The van der Waals surface area contributed by atoms with Crippen molar-refractivity contribution in [3.05, 3.63) is 30.3 Å². The van der Waals surface area contributed by atoms with Crippen LogP contribution in [0.3, 0.4) is 0 Å². The van der Waals surface area contributed by atoms with Crippen molar-refractivity contribution in [3.63, 3.8) is 0 Å². The van der Waals surface area contributed by atoms with E-state index in [1.807, 2.05) is 0 Å². The summed E-state index contributed by atoms with van der Waals surface area (Å²) in [5.41, 5.74) is 1.02. The fraction of sp³-hybridized carbons (Fsp3) is 0.100. The van der Waals surface area contributed by atoms with Crippen LogP contribution in [0.15, 0.2) is 24.8 Å². The van der Waals surface area contributed by atoms with Crippen molar-refractivity contribution in [1.82, 2.24) is 0 Å². The van der Waals surface area contributed by atoms with Crippen LogP contribution in [0.4, 0.5) is 0 Å². The fourth-order valence-electron chi connectivity index (χ4n) is 1.33. The first-order valence-electron chi connectivity index (χ1n) is 3.82. The molecule has 1 heterocycles. The molecule has 0 spiro atoms. The third-order valence-electron chi connectivity index (χ3n) is 1.96. The number of fused-ring (bicyclic) bond motifs is 1. The Hall–Kier alpha value is -1.77. The third-order valence-corrected chi connectivity index (χ3v) is 1.96. The molecule has 0 bridgehead atoms. The van der Waals surface area contributed by atoms with Crippen molar-refractivity contribution in [2.75, 3.05) is 7.11 Å². The van der Waals surface area contributed by atoms with Crippen molar-refractivity contribution in [3.8, 4) is 11.5 Å². The van der Waals surface area contributed by atoms with Gasteiger partial charge in [-0.3, -0.25) is 0 Å². The summed E-state index contributed by atoms with van der Waals surface area (Å²) in [7, 11) is 1.55. The average molecular weight is 176 g/mol. The van der Waals surface area contributed by atoms with E-state index in [1.54, 1.807) is 25.3 Å². The average Bonchev–Trinajstić information content (AvgIpc) is 2.43. The molecule has 0 aromatic heterocycles. The van der Waals surface area contributed by atoms with Crippen LogP contribution in [0.5, 0.6) is 11.5 Å². The second-order valence-electron chi connectivity index (χ2n) is 2.70. The van der Waals surface area contributed by atoms with Gasteiger partial charge in [0.1, 0.15) is 11.5 Å². The lowest BCUT2D eigenvalue weighted by molar-refractivity contribution is -0.126. The van der Waals surface area contributed by atoms with Gasteiger partial charge in [0.05, 0.1) is 18.2 Å². The van der Waals surface area contributed by atoms with Gasteiger partial charge in [0.15, 0.2) is 0 Å². The van der Waals surface area contributed by atoms with Gasteiger partial charge in [-0.15, -0.1) is 0 Å². The Morgan fingerprint density at radius 2 is 2.23 bits per heavy atom. The minimum Gasteiger partial charge on any atom is -0.496 e. The van der Waals surface area contributed by atoms with E-state index in [9.17, 15) is 4.79 Å². The van der Waals surface area contributed by atoms with Crippen LogP contribution in [0.25, 0.3) is 5.57 Å². The summed E-state index contributed by atoms with van der Waals surface area (Å²) in [4.78, 5) is 11.1. The number of rotatable bonds is 1. The highest BCUT2D eigenvalue weighted by Crippen LogP contribution is 2.39. The smallest absolute Gasteiger partial charge is 0.343 e. The Bertz CT molecular complexity index is 393. The molecule has 1 aliphatic rings. The molecule has 3 heteroatoms. The largest absolute Gasteiger partial charge is 0.496 e. The normalized spacial score (nSPS) is 13.9. The van der Waals surface area contributed by atoms with Gasteiger partial charge >= 0.3 is 5.97 Å². The topological polar surface area (TPSA) is 35.5 Å². The Balaban J connectivity index is 2.64. The molecule has 66 valence electrons. The minimum absolute atomic E-state index is 0.354. The van der Waals surface area contributed by atoms with Gasteiger partial charge in [-0.1, -0.05) is 12.6 Å². The number of carbonyl (C=O) groups excluding carboxylic acids is 1. The van der Waals surface area contributed by atoms with E-state index >= 15 is 0 Å². The molecule has 3 nitrogen and oxygen atoms in total. The summed E-state index contributed by atoms with van der Waals surface area (Å²) in [5, 5.41) is 0. The molecule has 0 unspecified atom stereocenters. The summed E-state index contributed by atoms with van der Waals surface area (Å²) < 4.78 is 10.0. The molecule has 1 aromatic rings. The zero-order chi connectivity index (χ0) is 9.42. The quantitative estimate of drug-likeness (QED) is 0.370. The van der Waals surface area contributed by atoms with E-state index in [4.69, 9.17) is 9.47 Å². The molecule has 13 heavy (non-hydrogen) atoms. The van der Waals surface area contributed by atoms with Crippen molar-refractivity contribution in [2.45, 2.75) is 0 Å². The second-order valence-corrected chi connectivity index (χ2v) is 2.70. The van der Waals surface area contributed by atoms with Crippen LogP contribution in [0.2, 0.25) is 0 Å². The maximum Gasteiger partial charge on any atom is 0.343 e. The summed E-state index contributed by atoms with van der Waals surface area (Å²) in [6, 6.07) is 5.25. The zero-order valence-electron chi connectivity index (χ0n) is 7.16. The zero-order valence-corrected chi connectivity index (χ0v) is 7.16. The molecule has 0 radical (unpaired) electrons. The third kappa shape index (κ3) is 1.01. The number of benzene rings is 1. The number of hydrogen-bond donors (Lipinski definition) is 0. The molecule has 1 aromatic carbocycles. The highest BCUT2D eigenvalue weighted by Gasteiger charge is 2.28. The van der Waals surface area contributed by atoms with E-state index in [0.717, 1.165) is 0 Å². The van der Waals surface area contributed by atoms with Gasteiger partial charge in [-0.25, -0.2) is 4.79 Å². The van der Waals surface area contributed by atoms with Crippen LogP contribution in [0, 0.1) is 0 Å².